The third-order valence-electron chi connectivity index (χ3n) is 5.01. The number of hydrogen-bond donors (Lipinski definition) is 2. The summed E-state index contributed by atoms with van der Waals surface area (Å²) < 4.78 is 4.92. The van der Waals surface area contributed by atoms with Crippen LogP contribution in [0.15, 0.2) is 24.3 Å². The summed E-state index contributed by atoms with van der Waals surface area (Å²) in [5.74, 6) is -1.40. The van der Waals surface area contributed by atoms with Gasteiger partial charge in [0.25, 0.3) is 11.8 Å². The highest BCUT2D eigenvalue weighted by molar-refractivity contribution is 6.09. The number of carbonyl (C=O) groups excluding carboxylic acids is 4. The zero-order valence-corrected chi connectivity index (χ0v) is 16.1. The molecule has 1 atom stereocenters. The lowest BCUT2D eigenvalue weighted by Gasteiger charge is -2.33. The van der Waals surface area contributed by atoms with Crippen molar-refractivity contribution < 1.29 is 23.9 Å². The molecule has 0 saturated carbocycles. The summed E-state index contributed by atoms with van der Waals surface area (Å²) in [7, 11) is 0. The summed E-state index contributed by atoms with van der Waals surface area (Å²) in [6.45, 7) is 3.41. The van der Waals surface area contributed by atoms with Crippen LogP contribution in [-0.2, 0) is 31.1 Å². The van der Waals surface area contributed by atoms with Gasteiger partial charge in [-0.1, -0.05) is 38.1 Å². The average molecular weight is 387 g/mol. The molecular formula is C20H25N3O5. The lowest BCUT2D eigenvalue weighted by molar-refractivity contribution is -0.151. The maximum absolute atomic E-state index is 13.1. The molecule has 4 amide bonds. The van der Waals surface area contributed by atoms with Crippen molar-refractivity contribution in [3.63, 3.8) is 0 Å². The highest BCUT2D eigenvalue weighted by Crippen LogP contribution is 2.39. The van der Waals surface area contributed by atoms with Crippen LogP contribution in [0, 0.1) is 5.92 Å². The summed E-state index contributed by atoms with van der Waals surface area (Å²) in [4.78, 5) is 50.1. The largest absolute Gasteiger partial charge is 0.454 e. The van der Waals surface area contributed by atoms with Crippen LogP contribution in [-0.4, -0.2) is 48.4 Å². The minimum absolute atomic E-state index is 0.278. The van der Waals surface area contributed by atoms with Gasteiger partial charge in [0.05, 0.1) is 0 Å². The molecule has 2 N–H and O–H groups in total. The van der Waals surface area contributed by atoms with Gasteiger partial charge >= 0.3 is 12.0 Å². The summed E-state index contributed by atoms with van der Waals surface area (Å²) in [5.41, 5.74) is 0.679. The van der Waals surface area contributed by atoms with Gasteiger partial charge in [0.2, 0.25) is 0 Å². The Morgan fingerprint density at radius 2 is 2.04 bits per heavy atom. The minimum Gasteiger partial charge on any atom is -0.454 e. The number of rotatable bonds is 6. The lowest BCUT2D eigenvalue weighted by Crippen LogP contribution is -2.46. The number of nitrogens with one attached hydrogen (secondary N) is 2. The maximum Gasteiger partial charge on any atom is 0.326 e. The number of aryl methyl sites for hydroxylation is 1. The molecule has 150 valence electrons. The first-order valence-electron chi connectivity index (χ1n) is 9.48. The van der Waals surface area contributed by atoms with E-state index in [2.05, 4.69) is 10.6 Å². The second kappa shape index (κ2) is 8.00. The molecule has 0 bridgehead atoms. The van der Waals surface area contributed by atoms with Crippen molar-refractivity contribution in [3.8, 4) is 0 Å². The van der Waals surface area contributed by atoms with Crippen LogP contribution in [0.4, 0.5) is 4.79 Å². The first-order chi connectivity index (χ1) is 13.3. The molecule has 8 heteroatoms. The first-order valence-corrected chi connectivity index (χ1v) is 9.48. The topological polar surface area (TPSA) is 105 Å². The van der Waals surface area contributed by atoms with Crippen molar-refractivity contribution in [1.29, 1.82) is 0 Å². The van der Waals surface area contributed by atoms with Crippen LogP contribution >= 0.6 is 0 Å². The van der Waals surface area contributed by atoms with Crippen molar-refractivity contribution in [2.75, 3.05) is 19.7 Å². The second-order valence-corrected chi connectivity index (χ2v) is 7.60. The van der Waals surface area contributed by atoms with Gasteiger partial charge in [-0.3, -0.25) is 19.3 Å². The SMILES string of the molecule is CC(C)CNC(=O)COC(=O)CN1C(=O)N[C@]2(CCCc3ccccc32)C1=O. The average Bonchev–Trinajstić information content (AvgIpc) is 2.90. The van der Waals surface area contributed by atoms with Crippen LogP contribution in [0.2, 0.25) is 0 Å². The number of amides is 4. The number of carbonyl (C=O) groups is 4. The van der Waals surface area contributed by atoms with Crippen molar-refractivity contribution in [3.05, 3.63) is 35.4 Å². The zero-order chi connectivity index (χ0) is 20.3. The van der Waals surface area contributed by atoms with E-state index < -0.39 is 42.5 Å². The Balaban J connectivity index is 1.64. The van der Waals surface area contributed by atoms with Crippen molar-refractivity contribution in [2.24, 2.45) is 5.92 Å². The van der Waals surface area contributed by atoms with Crippen LogP contribution in [0.1, 0.15) is 37.8 Å². The van der Waals surface area contributed by atoms with E-state index in [0.717, 1.165) is 28.9 Å². The Kier molecular flexibility index (Phi) is 5.67. The normalized spacial score (nSPS) is 20.9. The molecule has 28 heavy (non-hydrogen) atoms. The molecule has 1 saturated heterocycles. The predicted octanol–water partition coefficient (Wildman–Crippen LogP) is 1.09. The number of nitrogens with zero attached hydrogens (tertiary/aromatic N) is 1. The number of benzene rings is 1. The van der Waals surface area contributed by atoms with Crippen LogP contribution in [0.25, 0.3) is 0 Å². The number of fused-ring (bicyclic) bond motifs is 2. The molecule has 8 nitrogen and oxygen atoms in total. The number of hydrogen-bond acceptors (Lipinski definition) is 5. The molecular weight excluding hydrogens is 362 g/mol. The van der Waals surface area contributed by atoms with Gasteiger partial charge in [-0.25, -0.2) is 4.79 Å². The van der Waals surface area contributed by atoms with Gasteiger partial charge in [-0.2, -0.15) is 0 Å². The fraction of sp³-hybridized carbons (Fsp3) is 0.500. The van der Waals surface area contributed by atoms with E-state index >= 15 is 0 Å². The smallest absolute Gasteiger partial charge is 0.326 e. The maximum atomic E-state index is 13.1. The summed E-state index contributed by atoms with van der Waals surface area (Å²) in [5, 5.41) is 5.41. The quantitative estimate of drug-likeness (QED) is 0.562. The number of imide groups is 1. The minimum atomic E-state index is -1.12. The van der Waals surface area contributed by atoms with E-state index in [9.17, 15) is 19.2 Å². The Morgan fingerprint density at radius 3 is 2.79 bits per heavy atom. The van der Waals surface area contributed by atoms with Crippen LogP contribution in [0.5, 0.6) is 0 Å². The van der Waals surface area contributed by atoms with Crippen molar-refractivity contribution in [1.82, 2.24) is 15.5 Å². The molecule has 0 aromatic heterocycles. The van der Waals surface area contributed by atoms with Gasteiger partial charge in [0.15, 0.2) is 6.61 Å². The van der Waals surface area contributed by atoms with E-state index in [1.807, 2.05) is 38.1 Å². The Bertz CT molecular complexity index is 807. The first kappa shape index (κ1) is 19.9. The third-order valence-corrected chi connectivity index (χ3v) is 5.01. The highest BCUT2D eigenvalue weighted by Gasteiger charge is 2.54. The summed E-state index contributed by atoms with van der Waals surface area (Å²) in [6.07, 6.45) is 2.09. The van der Waals surface area contributed by atoms with E-state index in [0.29, 0.717) is 13.0 Å². The fourth-order valence-corrected chi connectivity index (χ4v) is 3.64. The summed E-state index contributed by atoms with van der Waals surface area (Å²) >= 11 is 0. The predicted molar refractivity (Wildman–Crippen MR) is 100 cm³/mol. The van der Waals surface area contributed by atoms with Crippen molar-refractivity contribution in [2.45, 2.75) is 38.6 Å². The molecule has 1 aromatic rings. The van der Waals surface area contributed by atoms with Crippen LogP contribution in [0.3, 0.4) is 0 Å². The summed E-state index contributed by atoms with van der Waals surface area (Å²) in [6, 6.07) is 6.90. The molecule has 1 aromatic carbocycles. The van der Waals surface area contributed by atoms with Gasteiger partial charge in [-0.15, -0.1) is 0 Å². The molecule has 1 heterocycles. The van der Waals surface area contributed by atoms with Gasteiger partial charge in [-0.05, 0) is 36.3 Å². The van der Waals surface area contributed by atoms with Gasteiger partial charge in [0.1, 0.15) is 12.1 Å². The Hall–Kier alpha value is -2.90. The monoisotopic (exact) mass is 387 g/mol. The second-order valence-electron chi connectivity index (χ2n) is 7.60. The van der Waals surface area contributed by atoms with Crippen LogP contribution < -0.4 is 10.6 Å². The molecule has 1 aliphatic carbocycles. The van der Waals surface area contributed by atoms with Gasteiger partial charge < -0.3 is 15.4 Å². The van der Waals surface area contributed by atoms with E-state index in [1.54, 1.807) is 0 Å². The van der Waals surface area contributed by atoms with Crippen molar-refractivity contribution >= 4 is 23.8 Å². The number of ether oxygens (including phenoxy) is 1. The van der Waals surface area contributed by atoms with Gasteiger partial charge in [0, 0.05) is 6.54 Å². The van der Waals surface area contributed by atoms with E-state index in [4.69, 9.17) is 4.74 Å². The third kappa shape index (κ3) is 3.85. The molecule has 1 aliphatic heterocycles. The highest BCUT2D eigenvalue weighted by atomic mass is 16.5. The molecule has 2 aliphatic rings. The molecule has 0 radical (unpaired) electrons. The zero-order valence-electron chi connectivity index (χ0n) is 16.1. The molecule has 1 fully saturated rings. The Labute approximate surface area is 163 Å². The molecule has 1 spiro atoms. The van der Waals surface area contributed by atoms with E-state index in [-0.39, 0.29) is 5.92 Å². The number of urea groups is 1. The van der Waals surface area contributed by atoms with E-state index in [1.165, 1.54) is 0 Å². The molecule has 3 rings (SSSR count). The number of esters is 1. The lowest BCUT2D eigenvalue weighted by atomic mass is 9.76. The molecule has 0 unspecified atom stereocenters. The standard InChI is InChI=1S/C20H25N3O5/c1-13(2)10-21-16(24)12-28-17(25)11-23-18(26)20(22-19(23)27)9-5-7-14-6-3-4-8-15(14)20/h3-4,6,8,13H,5,7,9-12H2,1-2H3,(H,21,24)(H,22,27)/t20-/m0/s1. The fourth-order valence-electron chi connectivity index (χ4n) is 3.64. The Morgan fingerprint density at radius 1 is 1.29 bits per heavy atom.